The summed E-state index contributed by atoms with van der Waals surface area (Å²) in [5.74, 6) is 0.988. The quantitative estimate of drug-likeness (QED) is 0.589. The van der Waals surface area contributed by atoms with E-state index in [2.05, 4.69) is 15.5 Å². The van der Waals surface area contributed by atoms with Gasteiger partial charge in [-0.25, -0.2) is 4.68 Å². The van der Waals surface area contributed by atoms with E-state index < -0.39 is 5.91 Å². The minimum Gasteiger partial charge on any atom is -0.457 e. The highest BCUT2D eigenvalue weighted by Gasteiger charge is 2.34. The molecule has 4 N–H and O–H groups in total. The molecule has 1 aromatic heterocycles. The van der Waals surface area contributed by atoms with Gasteiger partial charge in [0.05, 0.1) is 17.4 Å². The fourth-order valence-corrected chi connectivity index (χ4v) is 4.36. The third-order valence-electron chi connectivity index (χ3n) is 5.83. The molecule has 1 unspecified atom stereocenters. The van der Waals surface area contributed by atoms with Gasteiger partial charge in [0.25, 0.3) is 5.91 Å². The topological polar surface area (TPSA) is 97.4 Å². The van der Waals surface area contributed by atoms with Gasteiger partial charge in [-0.2, -0.15) is 5.10 Å². The number of anilines is 1. The van der Waals surface area contributed by atoms with Crippen molar-refractivity contribution < 1.29 is 9.53 Å². The van der Waals surface area contributed by atoms with Crippen LogP contribution in [-0.4, -0.2) is 53.3 Å². The van der Waals surface area contributed by atoms with E-state index in [1.165, 1.54) is 0 Å². The predicted molar refractivity (Wildman–Crippen MR) is 119 cm³/mol. The predicted octanol–water partition coefficient (Wildman–Crippen LogP) is 2.53. The third kappa shape index (κ3) is 3.87. The molecule has 160 valence electrons. The van der Waals surface area contributed by atoms with Crippen molar-refractivity contribution in [2.45, 2.75) is 12.5 Å². The van der Waals surface area contributed by atoms with Crippen molar-refractivity contribution in [1.82, 2.24) is 20.0 Å². The lowest BCUT2D eigenvalue weighted by Crippen LogP contribution is -2.46. The minimum atomic E-state index is -0.494. The number of hydrogen-bond acceptors (Lipinski definition) is 6. The second kappa shape index (κ2) is 8.41. The first-order valence-corrected chi connectivity index (χ1v) is 10.7. The van der Waals surface area contributed by atoms with Gasteiger partial charge < -0.3 is 21.1 Å². The summed E-state index contributed by atoms with van der Waals surface area (Å²) in [5, 5.41) is 11.6. The number of carbonyl (C=O) groups is 1. The summed E-state index contributed by atoms with van der Waals surface area (Å²) in [4.78, 5) is 14.8. The van der Waals surface area contributed by atoms with Gasteiger partial charge in [0, 0.05) is 32.7 Å². The van der Waals surface area contributed by atoms with Crippen LogP contribution < -0.4 is 21.1 Å². The zero-order chi connectivity index (χ0) is 21.2. The lowest BCUT2D eigenvalue weighted by atomic mass is 10.0. The van der Waals surface area contributed by atoms with E-state index in [4.69, 9.17) is 15.6 Å². The zero-order valence-corrected chi connectivity index (χ0v) is 17.3. The van der Waals surface area contributed by atoms with E-state index in [0.717, 1.165) is 62.0 Å². The molecule has 3 heterocycles. The molecular formula is C23H26N6O2. The fourth-order valence-electron chi connectivity index (χ4n) is 4.36. The summed E-state index contributed by atoms with van der Waals surface area (Å²) >= 11 is 0. The first-order valence-electron chi connectivity index (χ1n) is 10.7. The summed E-state index contributed by atoms with van der Waals surface area (Å²) < 4.78 is 7.54. The molecule has 0 aliphatic carbocycles. The van der Waals surface area contributed by atoms with E-state index in [9.17, 15) is 4.79 Å². The second-order valence-electron chi connectivity index (χ2n) is 7.81. The number of benzene rings is 2. The normalized spacial score (nSPS) is 18.8. The number of para-hydroxylation sites is 1. The second-order valence-corrected chi connectivity index (χ2v) is 7.81. The largest absolute Gasteiger partial charge is 0.457 e. The van der Waals surface area contributed by atoms with Crippen molar-refractivity contribution in [3.8, 4) is 17.2 Å². The van der Waals surface area contributed by atoms with Gasteiger partial charge in [-0.15, -0.1) is 0 Å². The van der Waals surface area contributed by atoms with E-state index in [1.54, 1.807) is 4.68 Å². The van der Waals surface area contributed by atoms with Crippen molar-refractivity contribution in [2.24, 2.45) is 5.73 Å². The van der Waals surface area contributed by atoms with Crippen LogP contribution in [0.5, 0.6) is 11.5 Å². The maximum atomic E-state index is 12.4. The first-order chi connectivity index (χ1) is 15.2. The molecule has 1 fully saturated rings. The number of primary amides is 1. The molecule has 5 rings (SSSR count). The Balaban J connectivity index is 1.47. The molecule has 8 nitrogen and oxygen atoms in total. The van der Waals surface area contributed by atoms with Gasteiger partial charge in [-0.05, 0) is 42.8 Å². The van der Waals surface area contributed by atoms with E-state index in [-0.39, 0.29) is 6.04 Å². The Morgan fingerprint density at radius 3 is 2.42 bits per heavy atom. The Labute approximate surface area is 181 Å². The summed E-state index contributed by atoms with van der Waals surface area (Å²) in [5.41, 5.74) is 8.60. The highest BCUT2D eigenvalue weighted by Crippen LogP contribution is 2.37. The Morgan fingerprint density at radius 2 is 1.71 bits per heavy atom. The van der Waals surface area contributed by atoms with E-state index in [1.807, 2.05) is 54.6 Å². The number of fused-ring (bicyclic) bond motifs is 1. The molecule has 31 heavy (non-hydrogen) atoms. The van der Waals surface area contributed by atoms with Crippen LogP contribution in [0.15, 0.2) is 54.6 Å². The van der Waals surface area contributed by atoms with Crippen molar-refractivity contribution in [3.05, 3.63) is 66.0 Å². The summed E-state index contributed by atoms with van der Waals surface area (Å²) in [6.07, 6.45) is 0.950. The molecular weight excluding hydrogens is 392 g/mol. The number of piperazine rings is 1. The molecule has 0 radical (unpaired) electrons. The van der Waals surface area contributed by atoms with Gasteiger partial charge in [-0.3, -0.25) is 9.69 Å². The minimum absolute atomic E-state index is 0.179. The van der Waals surface area contributed by atoms with Crippen LogP contribution in [0.3, 0.4) is 0 Å². The Bertz CT molecular complexity index is 1060. The molecule has 1 amide bonds. The van der Waals surface area contributed by atoms with Crippen LogP contribution in [0.25, 0.3) is 5.69 Å². The molecule has 1 atom stereocenters. The van der Waals surface area contributed by atoms with Gasteiger partial charge >= 0.3 is 0 Å². The van der Waals surface area contributed by atoms with Crippen LogP contribution in [0, 0.1) is 0 Å². The number of nitrogens with two attached hydrogens (primary N) is 1. The van der Waals surface area contributed by atoms with Crippen LogP contribution >= 0.6 is 0 Å². The average molecular weight is 419 g/mol. The van der Waals surface area contributed by atoms with Crippen molar-refractivity contribution >= 4 is 11.6 Å². The van der Waals surface area contributed by atoms with Gasteiger partial charge in [-0.1, -0.05) is 18.2 Å². The number of nitrogens with one attached hydrogen (secondary N) is 2. The smallest absolute Gasteiger partial charge is 0.269 e. The molecule has 0 saturated carbocycles. The van der Waals surface area contributed by atoms with Crippen molar-refractivity contribution in [2.75, 3.05) is 38.0 Å². The molecule has 1 saturated heterocycles. The maximum Gasteiger partial charge on any atom is 0.269 e. The summed E-state index contributed by atoms with van der Waals surface area (Å²) in [6.45, 7) is 4.65. The first kappa shape index (κ1) is 19.6. The van der Waals surface area contributed by atoms with Gasteiger partial charge in [0.2, 0.25) is 0 Å². The lowest BCUT2D eigenvalue weighted by Gasteiger charge is -2.36. The summed E-state index contributed by atoms with van der Waals surface area (Å²) in [6, 6.07) is 17.3. The lowest BCUT2D eigenvalue weighted by molar-refractivity contribution is 0.0993. The molecule has 2 aliphatic rings. The van der Waals surface area contributed by atoms with E-state index >= 15 is 0 Å². The number of nitrogens with zero attached hydrogens (tertiary/aromatic N) is 3. The molecule has 3 aromatic rings. The maximum absolute atomic E-state index is 12.4. The zero-order valence-electron chi connectivity index (χ0n) is 17.3. The van der Waals surface area contributed by atoms with Crippen LogP contribution in [0.4, 0.5) is 5.69 Å². The van der Waals surface area contributed by atoms with Gasteiger partial charge in [0.15, 0.2) is 5.69 Å². The summed E-state index contributed by atoms with van der Waals surface area (Å²) in [7, 11) is 0. The third-order valence-corrected chi connectivity index (χ3v) is 5.83. The standard InChI is InChI=1S/C23H26N6O2/c24-23(30)22-21-20(19(10-11-26-21)28-14-12-25-13-15-28)27-29(22)16-6-8-18(9-7-16)31-17-4-2-1-3-5-17/h1-9,19,25-26H,10-15H2,(H2,24,30). The number of ether oxygens (including phenoxy) is 1. The molecule has 0 spiro atoms. The Kier molecular flexibility index (Phi) is 5.31. The number of amides is 1. The monoisotopic (exact) mass is 418 g/mol. The SMILES string of the molecule is NC(=O)c1c2c(nn1-c1ccc(Oc3ccccc3)cc1)C(N1CCNCC1)CCN2. The number of rotatable bonds is 5. The average Bonchev–Trinajstić information content (AvgIpc) is 3.21. The van der Waals surface area contributed by atoms with Crippen molar-refractivity contribution in [1.29, 1.82) is 0 Å². The Morgan fingerprint density at radius 1 is 1.00 bits per heavy atom. The van der Waals surface area contributed by atoms with Gasteiger partial charge in [0.1, 0.15) is 17.2 Å². The highest BCUT2D eigenvalue weighted by atomic mass is 16.5. The van der Waals surface area contributed by atoms with Crippen LogP contribution in [-0.2, 0) is 0 Å². The highest BCUT2D eigenvalue weighted by molar-refractivity contribution is 5.98. The molecule has 2 aromatic carbocycles. The number of aromatic nitrogens is 2. The van der Waals surface area contributed by atoms with Crippen molar-refractivity contribution in [3.63, 3.8) is 0 Å². The van der Waals surface area contributed by atoms with E-state index in [0.29, 0.717) is 11.4 Å². The van der Waals surface area contributed by atoms with Crippen LogP contribution in [0.2, 0.25) is 0 Å². The fraction of sp³-hybridized carbons (Fsp3) is 0.304. The number of carbonyl (C=O) groups excluding carboxylic acids is 1. The molecule has 0 bridgehead atoms. The molecule has 8 heteroatoms. The molecule has 2 aliphatic heterocycles. The Hall–Kier alpha value is -3.36. The number of hydrogen-bond donors (Lipinski definition) is 3. The van der Waals surface area contributed by atoms with Crippen LogP contribution in [0.1, 0.15) is 28.6 Å².